The second-order valence-electron chi connectivity index (χ2n) is 5.21. The molecule has 1 aliphatic heterocycles. The molecule has 2 rings (SSSR count). The second-order valence-corrected chi connectivity index (χ2v) is 5.48. The van der Waals surface area contributed by atoms with Crippen molar-refractivity contribution in [2.24, 2.45) is 11.8 Å². The van der Waals surface area contributed by atoms with Gasteiger partial charge >= 0.3 is 0 Å². The van der Waals surface area contributed by atoms with Crippen molar-refractivity contribution in [1.29, 1.82) is 0 Å². The van der Waals surface area contributed by atoms with Crippen molar-refractivity contribution in [3.8, 4) is 0 Å². The Bertz CT molecular complexity index is 365. The molecule has 0 amide bonds. The summed E-state index contributed by atoms with van der Waals surface area (Å²) < 4.78 is 0. The molecule has 0 aromatic carbocycles. The third kappa shape index (κ3) is 2.71. The minimum atomic E-state index is 0.426. The highest BCUT2D eigenvalue weighted by Gasteiger charge is 2.29. The van der Waals surface area contributed by atoms with Crippen molar-refractivity contribution in [2.45, 2.75) is 39.1 Å². The first-order valence-corrected chi connectivity index (χ1v) is 6.78. The first kappa shape index (κ1) is 12.6. The minimum absolute atomic E-state index is 0.426. The van der Waals surface area contributed by atoms with Gasteiger partial charge < -0.3 is 4.90 Å². The molecule has 0 aliphatic carbocycles. The molecule has 94 valence electrons. The molecular formula is C13H20ClN3. The lowest BCUT2D eigenvalue weighted by Gasteiger charge is -2.41. The average molecular weight is 254 g/mol. The smallest absolute Gasteiger partial charge is 0.147 e. The molecule has 3 atom stereocenters. The molecule has 1 aromatic rings. The van der Waals surface area contributed by atoms with Crippen LogP contribution in [0.3, 0.4) is 0 Å². The van der Waals surface area contributed by atoms with E-state index < -0.39 is 0 Å². The zero-order valence-electron chi connectivity index (χ0n) is 10.7. The van der Waals surface area contributed by atoms with Crippen LogP contribution in [0.4, 0.5) is 5.82 Å². The number of alkyl halides is 1. The van der Waals surface area contributed by atoms with Gasteiger partial charge in [-0.15, -0.1) is 11.6 Å². The third-order valence-electron chi connectivity index (χ3n) is 3.72. The van der Waals surface area contributed by atoms with Gasteiger partial charge in [-0.25, -0.2) is 4.98 Å². The Labute approximate surface area is 108 Å². The molecule has 1 fully saturated rings. The highest BCUT2D eigenvalue weighted by atomic mass is 35.5. The van der Waals surface area contributed by atoms with Crippen molar-refractivity contribution in [3.05, 3.63) is 18.1 Å². The van der Waals surface area contributed by atoms with Crippen LogP contribution in [0.2, 0.25) is 0 Å². The fourth-order valence-corrected chi connectivity index (χ4v) is 2.72. The highest BCUT2D eigenvalue weighted by Crippen LogP contribution is 2.29. The van der Waals surface area contributed by atoms with Crippen LogP contribution in [0.1, 0.15) is 32.9 Å². The molecule has 0 saturated carbocycles. The largest absolute Gasteiger partial charge is 0.352 e. The van der Waals surface area contributed by atoms with E-state index in [4.69, 9.17) is 11.6 Å². The molecule has 1 aromatic heterocycles. The van der Waals surface area contributed by atoms with E-state index in [-0.39, 0.29) is 0 Å². The summed E-state index contributed by atoms with van der Waals surface area (Å²) in [4.78, 5) is 11.2. The maximum Gasteiger partial charge on any atom is 0.147 e. The maximum atomic E-state index is 5.72. The van der Waals surface area contributed by atoms with Gasteiger partial charge in [-0.2, -0.15) is 0 Å². The molecule has 4 heteroatoms. The van der Waals surface area contributed by atoms with Crippen molar-refractivity contribution < 1.29 is 0 Å². The molecule has 1 saturated heterocycles. The summed E-state index contributed by atoms with van der Waals surface area (Å²) in [6.45, 7) is 7.96. The highest BCUT2D eigenvalue weighted by molar-refractivity contribution is 6.16. The fraction of sp³-hybridized carbons (Fsp3) is 0.692. The van der Waals surface area contributed by atoms with Crippen LogP contribution in [0, 0.1) is 11.8 Å². The predicted molar refractivity (Wildman–Crippen MR) is 71.3 cm³/mol. The van der Waals surface area contributed by atoms with E-state index in [9.17, 15) is 0 Å². The number of rotatable bonds is 2. The van der Waals surface area contributed by atoms with Gasteiger partial charge in [0.05, 0.1) is 24.0 Å². The van der Waals surface area contributed by atoms with E-state index in [1.54, 1.807) is 6.20 Å². The van der Waals surface area contributed by atoms with Crippen LogP contribution in [0.5, 0.6) is 0 Å². The standard InChI is InChI=1S/C13H20ClN3/c1-9-4-10(2)11(3)17(8-9)13-7-15-12(5-14)6-16-13/h6-7,9-11H,4-5,8H2,1-3H3. The van der Waals surface area contributed by atoms with E-state index >= 15 is 0 Å². The summed E-state index contributed by atoms with van der Waals surface area (Å²) in [7, 11) is 0. The summed E-state index contributed by atoms with van der Waals surface area (Å²) in [5, 5.41) is 0. The number of halogens is 1. The molecule has 0 N–H and O–H groups in total. The van der Waals surface area contributed by atoms with Crippen LogP contribution in [0.15, 0.2) is 12.4 Å². The van der Waals surface area contributed by atoms with Crippen LogP contribution >= 0.6 is 11.6 Å². The molecule has 3 unspecified atom stereocenters. The van der Waals surface area contributed by atoms with Gasteiger partial charge in [-0.3, -0.25) is 4.98 Å². The number of nitrogens with zero attached hydrogens (tertiary/aromatic N) is 3. The Hall–Kier alpha value is -0.830. The molecule has 1 aliphatic rings. The van der Waals surface area contributed by atoms with Gasteiger partial charge in [0.25, 0.3) is 0 Å². The van der Waals surface area contributed by atoms with Crippen molar-refractivity contribution in [1.82, 2.24) is 9.97 Å². The third-order valence-corrected chi connectivity index (χ3v) is 3.99. The molecule has 17 heavy (non-hydrogen) atoms. The molecule has 0 spiro atoms. The predicted octanol–water partition coefficient (Wildman–Crippen LogP) is 3.09. The van der Waals surface area contributed by atoms with Gasteiger partial charge in [0.1, 0.15) is 5.82 Å². The van der Waals surface area contributed by atoms with Gasteiger partial charge in [0.15, 0.2) is 0 Å². The van der Waals surface area contributed by atoms with E-state index in [2.05, 4.69) is 35.6 Å². The number of piperidine rings is 1. The molecule has 2 heterocycles. The van der Waals surface area contributed by atoms with Crippen LogP contribution in [0.25, 0.3) is 0 Å². The lowest BCUT2D eigenvalue weighted by molar-refractivity contribution is 0.295. The Balaban J connectivity index is 2.19. The SMILES string of the molecule is CC1CC(C)C(C)N(c2cnc(CCl)cn2)C1. The summed E-state index contributed by atoms with van der Waals surface area (Å²) in [6.07, 6.45) is 4.92. The Morgan fingerprint density at radius 1 is 1.29 bits per heavy atom. The minimum Gasteiger partial charge on any atom is -0.352 e. The second kappa shape index (κ2) is 5.21. The van der Waals surface area contributed by atoms with Gasteiger partial charge in [0.2, 0.25) is 0 Å². The van der Waals surface area contributed by atoms with Gasteiger partial charge in [-0.1, -0.05) is 13.8 Å². The molecule has 3 nitrogen and oxygen atoms in total. The van der Waals surface area contributed by atoms with Crippen LogP contribution in [-0.2, 0) is 5.88 Å². The summed E-state index contributed by atoms with van der Waals surface area (Å²) in [5.41, 5.74) is 0.834. The molecule has 0 radical (unpaired) electrons. The van der Waals surface area contributed by atoms with Crippen molar-refractivity contribution in [2.75, 3.05) is 11.4 Å². The number of hydrogen-bond acceptors (Lipinski definition) is 3. The topological polar surface area (TPSA) is 29.0 Å². The van der Waals surface area contributed by atoms with E-state index in [1.165, 1.54) is 6.42 Å². The lowest BCUT2D eigenvalue weighted by atomic mass is 9.86. The summed E-state index contributed by atoms with van der Waals surface area (Å²) in [6, 6.07) is 0.530. The average Bonchev–Trinajstić information content (AvgIpc) is 2.34. The van der Waals surface area contributed by atoms with Gasteiger partial charge in [-0.05, 0) is 25.2 Å². The van der Waals surface area contributed by atoms with Gasteiger partial charge in [0, 0.05) is 12.6 Å². The normalized spacial score (nSPS) is 29.4. The summed E-state index contributed by atoms with van der Waals surface area (Å²) in [5.74, 6) is 2.82. The number of aromatic nitrogens is 2. The molecule has 0 bridgehead atoms. The monoisotopic (exact) mass is 253 g/mol. The van der Waals surface area contributed by atoms with E-state index in [0.717, 1.165) is 24.0 Å². The summed E-state index contributed by atoms with van der Waals surface area (Å²) >= 11 is 5.72. The number of hydrogen-bond donors (Lipinski definition) is 0. The number of anilines is 1. The molecular weight excluding hydrogens is 234 g/mol. The first-order valence-electron chi connectivity index (χ1n) is 6.25. The lowest BCUT2D eigenvalue weighted by Crippen LogP contribution is -2.46. The zero-order chi connectivity index (χ0) is 12.4. The first-order chi connectivity index (χ1) is 8.11. The van der Waals surface area contributed by atoms with E-state index in [1.807, 2.05) is 6.20 Å². The van der Waals surface area contributed by atoms with Crippen molar-refractivity contribution >= 4 is 17.4 Å². The quantitative estimate of drug-likeness (QED) is 0.759. The Kier molecular flexibility index (Phi) is 3.87. The van der Waals surface area contributed by atoms with Crippen LogP contribution in [-0.4, -0.2) is 22.6 Å². The fourth-order valence-electron chi connectivity index (χ4n) is 2.58. The Morgan fingerprint density at radius 2 is 2.06 bits per heavy atom. The maximum absolute atomic E-state index is 5.72. The van der Waals surface area contributed by atoms with E-state index in [0.29, 0.717) is 17.8 Å². The zero-order valence-corrected chi connectivity index (χ0v) is 11.5. The Morgan fingerprint density at radius 3 is 2.65 bits per heavy atom. The van der Waals surface area contributed by atoms with Crippen molar-refractivity contribution in [3.63, 3.8) is 0 Å². The van der Waals surface area contributed by atoms with Crippen LogP contribution < -0.4 is 4.90 Å².